The fourth-order valence-electron chi connectivity index (χ4n) is 4.59. The monoisotopic (exact) mass is 566 g/mol. The smallest absolute Gasteiger partial charge is 0.408 e. The van der Waals surface area contributed by atoms with Gasteiger partial charge in [0.2, 0.25) is 17.7 Å². The number of carbonyl (C=O) groups excluding carboxylic acids is 4. The highest BCUT2D eigenvalue weighted by Gasteiger charge is 2.32. The van der Waals surface area contributed by atoms with E-state index in [1.54, 1.807) is 39.7 Å². The van der Waals surface area contributed by atoms with E-state index >= 15 is 0 Å². The van der Waals surface area contributed by atoms with Gasteiger partial charge in [-0.2, -0.15) is 0 Å². The molecule has 2 atom stereocenters. The molecule has 0 aromatic heterocycles. The van der Waals surface area contributed by atoms with Gasteiger partial charge in [-0.15, -0.1) is 0 Å². The largest absolute Gasteiger partial charge is 0.497 e. The normalized spacial score (nSPS) is 15.3. The van der Waals surface area contributed by atoms with Gasteiger partial charge in [-0.1, -0.05) is 42.5 Å². The fourth-order valence-corrected chi connectivity index (χ4v) is 4.59. The van der Waals surface area contributed by atoms with E-state index in [2.05, 4.69) is 16.0 Å². The highest BCUT2D eigenvalue weighted by molar-refractivity contribution is 5.89. The fraction of sp³-hybridized carbons (Fsp3) is 0.484. The standard InChI is InChI=1S/C31H42N4O6/c1-21(33-30(39)41-31(2,3)4)29(38)35-17-15-24(16-18-35)27(36)34-26(19-22-9-7-6-8-10-22)28(37)32-20-23-11-13-25(40-5)14-12-23/h6-14,21,24,26H,15-20H2,1-5H3,(H,32,37)(H,33,39)(H,34,36). The van der Waals surface area contributed by atoms with Crippen LogP contribution in [0.2, 0.25) is 0 Å². The molecule has 1 saturated heterocycles. The van der Waals surface area contributed by atoms with E-state index in [0.717, 1.165) is 16.9 Å². The first-order chi connectivity index (χ1) is 19.4. The van der Waals surface area contributed by atoms with Crippen LogP contribution in [-0.4, -0.2) is 66.6 Å². The number of carbonyl (C=O) groups is 4. The number of benzene rings is 2. The van der Waals surface area contributed by atoms with Crippen molar-refractivity contribution < 1.29 is 28.7 Å². The van der Waals surface area contributed by atoms with Crippen LogP contribution in [0, 0.1) is 5.92 Å². The van der Waals surface area contributed by atoms with Crippen molar-refractivity contribution in [2.45, 2.75) is 71.2 Å². The molecule has 3 N–H and O–H groups in total. The van der Waals surface area contributed by atoms with Crippen molar-refractivity contribution in [2.24, 2.45) is 5.92 Å². The third-order valence-electron chi connectivity index (χ3n) is 6.82. The number of nitrogens with one attached hydrogen (secondary N) is 3. The summed E-state index contributed by atoms with van der Waals surface area (Å²) in [7, 11) is 1.60. The van der Waals surface area contributed by atoms with Gasteiger partial charge in [0.05, 0.1) is 7.11 Å². The molecule has 3 rings (SSSR count). The summed E-state index contributed by atoms with van der Waals surface area (Å²) in [4.78, 5) is 53.0. The van der Waals surface area contributed by atoms with Crippen LogP contribution in [0.1, 0.15) is 51.7 Å². The number of amides is 4. The summed E-state index contributed by atoms with van der Waals surface area (Å²) in [6.45, 7) is 7.95. The van der Waals surface area contributed by atoms with Crippen molar-refractivity contribution in [3.8, 4) is 5.75 Å². The van der Waals surface area contributed by atoms with E-state index in [4.69, 9.17) is 9.47 Å². The number of alkyl carbamates (subject to hydrolysis) is 1. The van der Waals surface area contributed by atoms with E-state index < -0.39 is 23.8 Å². The molecule has 1 fully saturated rings. The number of nitrogens with zero attached hydrogens (tertiary/aromatic N) is 1. The highest BCUT2D eigenvalue weighted by Crippen LogP contribution is 2.19. The average Bonchev–Trinajstić information content (AvgIpc) is 2.95. The zero-order valence-corrected chi connectivity index (χ0v) is 24.6. The van der Waals surface area contributed by atoms with Crippen LogP contribution in [0.5, 0.6) is 5.75 Å². The quantitative estimate of drug-likeness (QED) is 0.406. The van der Waals surface area contributed by atoms with Crippen molar-refractivity contribution in [1.29, 1.82) is 0 Å². The Morgan fingerprint density at radius 2 is 1.56 bits per heavy atom. The zero-order valence-electron chi connectivity index (χ0n) is 24.6. The summed E-state index contributed by atoms with van der Waals surface area (Å²) < 4.78 is 10.4. The molecule has 0 bridgehead atoms. The minimum absolute atomic E-state index is 0.211. The SMILES string of the molecule is COc1ccc(CNC(=O)C(Cc2ccccc2)NC(=O)C2CCN(C(=O)C(C)NC(=O)OC(C)(C)C)CC2)cc1. The van der Waals surface area contributed by atoms with Crippen molar-refractivity contribution in [2.75, 3.05) is 20.2 Å². The Balaban J connectivity index is 1.55. The van der Waals surface area contributed by atoms with Gasteiger partial charge in [-0.3, -0.25) is 14.4 Å². The maximum atomic E-state index is 13.3. The number of piperidine rings is 1. The third kappa shape index (κ3) is 10.1. The second-order valence-corrected chi connectivity index (χ2v) is 11.3. The molecule has 0 aliphatic carbocycles. The Labute approximate surface area is 242 Å². The van der Waals surface area contributed by atoms with E-state index in [0.29, 0.717) is 38.9 Å². The number of methoxy groups -OCH3 is 1. The van der Waals surface area contributed by atoms with E-state index in [1.807, 2.05) is 54.6 Å². The number of hydrogen-bond acceptors (Lipinski definition) is 6. The Hall–Kier alpha value is -4.08. The first-order valence-electron chi connectivity index (χ1n) is 14.0. The minimum atomic E-state index is -0.750. The Kier molecular flexibility index (Phi) is 11.1. The molecule has 1 aliphatic rings. The van der Waals surface area contributed by atoms with Crippen LogP contribution in [-0.2, 0) is 32.1 Å². The van der Waals surface area contributed by atoms with Crippen molar-refractivity contribution in [3.05, 3.63) is 65.7 Å². The maximum absolute atomic E-state index is 13.3. The molecule has 1 heterocycles. The predicted molar refractivity (Wildman–Crippen MR) is 155 cm³/mol. The number of rotatable bonds is 10. The Morgan fingerprint density at radius 1 is 0.927 bits per heavy atom. The van der Waals surface area contributed by atoms with Crippen molar-refractivity contribution >= 4 is 23.8 Å². The summed E-state index contributed by atoms with van der Waals surface area (Å²) >= 11 is 0. The van der Waals surface area contributed by atoms with Gasteiger partial charge in [-0.05, 0) is 63.8 Å². The minimum Gasteiger partial charge on any atom is -0.497 e. The van der Waals surface area contributed by atoms with Crippen LogP contribution in [0.15, 0.2) is 54.6 Å². The van der Waals surface area contributed by atoms with Crippen LogP contribution in [0.4, 0.5) is 4.79 Å². The van der Waals surface area contributed by atoms with Crippen molar-refractivity contribution in [1.82, 2.24) is 20.9 Å². The molecule has 4 amide bonds. The summed E-state index contributed by atoms with van der Waals surface area (Å²) in [5, 5.41) is 8.47. The van der Waals surface area contributed by atoms with E-state index in [9.17, 15) is 19.2 Å². The molecular formula is C31H42N4O6. The van der Waals surface area contributed by atoms with Gasteiger partial charge in [0.25, 0.3) is 0 Å². The molecular weight excluding hydrogens is 524 g/mol. The predicted octanol–water partition coefficient (Wildman–Crippen LogP) is 3.19. The zero-order chi connectivity index (χ0) is 30.0. The summed E-state index contributed by atoms with van der Waals surface area (Å²) in [5.41, 5.74) is 1.18. The molecule has 0 radical (unpaired) electrons. The maximum Gasteiger partial charge on any atom is 0.408 e. The van der Waals surface area contributed by atoms with Gasteiger partial charge >= 0.3 is 6.09 Å². The van der Waals surface area contributed by atoms with Crippen molar-refractivity contribution in [3.63, 3.8) is 0 Å². The lowest BCUT2D eigenvalue weighted by atomic mass is 9.94. The second-order valence-electron chi connectivity index (χ2n) is 11.3. The molecule has 2 aromatic carbocycles. The number of hydrogen-bond donors (Lipinski definition) is 3. The lowest BCUT2D eigenvalue weighted by molar-refractivity contribution is -0.137. The number of likely N-dealkylation sites (tertiary alicyclic amines) is 1. The third-order valence-corrected chi connectivity index (χ3v) is 6.82. The van der Waals surface area contributed by atoms with Gasteiger partial charge in [0.15, 0.2) is 0 Å². The molecule has 10 heteroatoms. The first-order valence-corrected chi connectivity index (χ1v) is 14.0. The Bertz CT molecular complexity index is 1170. The molecule has 1 aliphatic heterocycles. The lowest BCUT2D eigenvalue weighted by Crippen LogP contribution is -2.53. The average molecular weight is 567 g/mol. The van der Waals surface area contributed by atoms with Gasteiger partial charge in [0, 0.05) is 32.0 Å². The molecule has 222 valence electrons. The van der Waals surface area contributed by atoms with E-state index in [-0.39, 0.29) is 23.6 Å². The van der Waals surface area contributed by atoms with Crippen LogP contribution < -0.4 is 20.7 Å². The topological polar surface area (TPSA) is 126 Å². The Morgan fingerprint density at radius 3 is 2.15 bits per heavy atom. The van der Waals surface area contributed by atoms with Gasteiger partial charge < -0.3 is 30.3 Å². The van der Waals surface area contributed by atoms with E-state index in [1.165, 1.54) is 0 Å². The molecule has 2 aromatic rings. The number of ether oxygens (including phenoxy) is 2. The van der Waals surface area contributed by atoms with Crippen LogP contribution in [0.3, 0.4) is 0 Å². The summed E-state index contributed by atoms with van der Waals surface area (Å²) in [5.74, 6) is -0.309. The molecule has 10 nitrogen and oxygen atoms in total. The highest BCUT2D eigenvalue weighted by atomic mass is 16.6. The second kappa shape index (κ2) is 14.5. The van der Waals surface area contributed by atoms with Crippen LogP contribution >= 0.6 is 0 Å². The first kappa shape index (κ1) is 31.4. The molecule has 2 unspecified atom stereocenters. The van der Waals surface area contributed by atoms with Gasteiger partial charge in [0.1, 0.15) is 23.4 Å². The lowest BCUT2D eigenvalue weighted by Gasteiger charge is -2.33. The molecule has 0 saturated carbocycles. The van der Waals surface area contributed by atoms with Gasteiger partial charge in [-0.25, -0.2) is 4.79 Å². The molecule has 0 spiro atoms. The van der Waals surface area contributed by atoms with Crippen LogP contribution in [0.25, 0.3) is 0 Å². The summed E-state index contributed by atoms with van der Waals surface area (Å²) in [6.07, 6.45) is 0.624. The molecule has 41 heavy (non-hydrogen) atoms. The summed E-state index contributed by atoms with van der Waals surface area (Å²) in [6, 6.07) is 15.5.